The van der Waals surface area contributed by atoms with Gasteiger partial charge in [-0.25, -0.2) is 13.5 Å². The van der Waals surface area contributed by atoms with E-state index >= 15 is 0 Å². The second-order valence-electron chi connectivity index (χ2n) is 6.46. The van der Waals surface area contributed by atoms with E-state index in [1.165, 1.54) is 12.1 Å². The zero-order chi connectivity index (χ0) is 16.9. The molecule has 1 N–H and O–H groups in total. The fourth-order valence-electron chi connectivity index (χ4n) is 3.17. The SMILES string of the molecule is Cc1ccc(S(=O)(=O)NC(=O)C2CC23CCC(F)(F)CC3)nn1. The molecule has 0 radical (unpaired) electrons. The van der Waals surface area contributed by atoms with Crippen LogP contribution in [0.25, 0.3) is 0 Å². The molecule has 2 aliphatic carbocycles. The summed E-state index contributed by atoms with van der Waals surface area (Å²) in [5, 5.41) is 6.87. The van der Waals surface area contributed by atoms with Crippen molar-refractivity contribution in [2.24, 2.45) is 11.3 Å². The van der Waals surface area contributed by atoms with Gasteiger partial charge in [0.25, 0.3) is 10.0 Å². The summed E-state index contributed by atoms with van der Waals surface area (Å²) in [6, 6.07) is 2.75. The van der Waals surface area contributed by atoms with E-state index in [-0.39, 0.29) is 30.7 Å². The monoisotopic (exact) mass is 345 g/mol. The van der Waals surface area contributed by atoms with Crippen molar-refractivity contribution in [3.8, 4) is 0 Å². The first-order chi connectivity index (χ1) is 10.6. The van der Waals surface area contributed by atoms with E-state index in [0.29, 0.717) is 12.1 Å². The Balaban J connectivity index is 1.66. The van der Waals surface area contributed by atoms with E-state index in [1.54, 1.807) is 6.92 Å². The van der Waals surface area contributed by atoms with Crippen LogP contribution in [0.3, 0.4) is 0 Å². The summed E-state index contributed by atoms with van der Waals surface area (Å²) in [6.45, 7) is 1.66. The Labute approximate surface area is 132 Å². The van der Waals surface area contributed by atoms with E-state index in [1.807, 2.05) is 4.72 Å². The summed E-state index contributed by atoms with van der Waals surface area (Å²) in [5.41, 5.74) is 0.0970. The highest BCUT2D eigenvalue weighted by atomic mass is 32.2. The lowest BCUT2D eigenvalue weighted by atomic mass is 9.82. The molecular formula is C14H17F2N3O3S. The molecule has 126 valence electrons. The van der Waals surface area contributed by atoms with Crippen molar-refractivity contribution in [3.05, 3.63) is 17.8 Å². The normalized spacial score (nSPS) is 25.1. The first-order valence-corrected chi connectivity index (χ1v) is 8.87. The smallest absolute Gasteiger partial charge is 0.274 e. The molecule has 0 bridgehead atoms. The Morgan fingerprint density at radius 1 is 1.22 bits per heavy atom. The molecule has 1 unspecified atom stereocenters. The first kappa shape index (κ1) is 16.2. The number of alkyl halides is 2. The number of sulfonamides is 1. The van der Waals surface area contributed by atoms with E-state index in [0.717, 1.165) is 0 Å². The number of aromatic nitrogens is 2. The molecule has 1 atom stereocenters. The fourth-order valence-corrected chi connectivity index (χ4v) is 4.08. The fraction of sp³-hybridized carbons (Fsp3) is 0.643. The zero-order valence-corrected chi connectivity index (χ0v) is 13.4. The highest BCUT2D eigenvalue weighted by molar-refractivity contribution is 7.90. The molecule has 1 spiro atoms. The second-order valence-corrected chi connectivity index (χ2v) is 8.09. The van der Waals surface area contributed by atoms with Gasteiger partial charge in [0.05, 0.1) is 5.69 Å². The highest BCUT2D eigenvalue weighted by Gasteiger charge is 2.61. The van der Waals surface area contributed by atoms with Gasteiger partial charge < -0.3 is 0 Å². The van der Waals surface area contributed by atoms with Crippen LogP contribution in [-0.4, -0.2) is 30.4 Å². The van der Waals surface area contributed by atoms with E-state index < -0.39 is 33.2 Å². The molecule has 1 amide bonds. The standard InChI is InChI=1S/C14H17F2N3O3S/c1-9-2-3-11(18-17-9)23(21,22)19-12(20)10-8-13(10)4-6-14(15,16)7-5-13/h2-3,10H,4-8H2,1H3,(H,19,20). The maximum absolute atomic E-state index is 13.2. The van der Waals surface area contributed by atoms with E-state index in [2.05, 4.69) is 10.2 Å². The van der Waals surface area contributed by atoms with Crippen LogP contribution in [0.15, 0.2) is 17.2 Å². The Hall–Kier alpha value is -1.64. The van der Waals surface area contributed by atoms with Gasteiger partial charge in [0, 0.05) is 18.8 Å². The first-order valence-electron chi connectivity index (χ1n) is 7.38. The Morgan fingerprint density at radius 2 is 1.87 bits per heavy atom. The number of halogens is 2. The van der Waals surface area contributed by atoms with Gasteiger partial charge in [-0.15, -0.1) is 5.10 Å². The van der Waals surface area contributed by atoms with Crippen LogP contribution in [0.1, 0.15) is 37.8 Å². The van der Waals surface area contributed by atoms with Gasteiger partial charge >= 0.3 is 0 Å². The summed E-state index contributed by atoms with van der Waals surface area (Å²) in [7, 11) is -4.08. The van der Waals surface area contributed by atoms with Crippen LogP contribution in [0.2, 0.25) is 0 Å². The molecule has 2 fully saturated rings. The average Bonchev–Trinajstić information content (AvgIpc) is 3.18. The van der Waals surface area contributed by atoms with Gasteiger partial charge in [-0.05, 0) is 43.7 Å². The van der Waals surface area contributed by atoms with Gasteiger partial charge in [0.1, 0.15) is 0 Å². The van der Waals surface area contributed by atoms with Crippen LogP contribution < -0.4 is 4.72 Å². The lowest BCUT2D eigenvalue weighted by Crippen LogP contribution is -2.35. The van der Waals surface area contributed by atoms with Crippen molar-refractivity contribution in [2.45, 2.75) is 50.0 Å². The molecule has 2 aliphatic rings. The van der Waals surface area contributed by atoms with Gasteiger partial charge in [-0.3, -0.25) is 4.79 Å². The predicted molar refractivity (Wildman–Crippen MR) is 76.1 cm³/mol. The minimum Gasteiger partial charge on any atom is -0.274 e. The minimum absolute atomic E-state index is 0.243. The van der Waals surface area contributed by atoms with Gasteiger partial charge in [-0.2, -0.15) is 13.5 Å². The molecule has 9 heteroatoms. The van der Waals surface area contributed by atoms with Crippen LogP contribution in [0.4, 0.5) is 8.78 Å². The second kappa shape index (κ2) is 5.19. The quantitative estimate of drug-likeness (QED) is 0.902. The van der Waals surface area contributed by atoms with Crippen LogP contribution >= 0.6 is 0 Å². The molecule has 23 heavy (non-hydrogen) atoms. The van der Waals surface area contributed by atoms with Gasteiger partial charge in [0.2, 0.25) is 11.8 Å². The maximum Gasteiger partial charge on any atom is 0.283 e. The van der Waals surface area contributed by atoms with Crippen molar-refractivity contribution in [1.82, 2.24) is 14.9 Å². The van der Waals surface area contributed by atoms with Crippen molar-refractivity contribution in [3.63, 3.8) is 0 Å². The van der Waals surface area contributed by atoms with Crippen LogP contribution in [0, 0.1) is 18.3 Å². The minimum atomic E-state index is -4.08. The van der Waals surface area contributed by atoms with Crippen molar-refractivity contribution in [1.29, 1.82) is 0 Å². The third-order valence-electron chi connectivity index (χ3n) is 4.77. The molecule has 0 saturated heterocycles. The highest BCUT2D eigenvalue weighted by Crippen LogP contribution is 2.63. The number of aryl methyl sites for hydroxylation is 1. The number of amides is 1. The van der Waals surface area contributed by atoms with Crippen LogP contribution in [-0.2, 0) is 14.8 Å². The molecule has 0 aromatic carbocycles. The molecule has 2 saturated carbocycles. The summed E-state index contributed by atoms with van der Waals surface area (Å²) in [6.07, 6.45) is 0.481. The molecule has 1 aromatic rings. The number of rotatable bonds is 3. The summed E-state index contributed by atoms with van der Waals surface area (Å²) in [5.74, 6) is -3.83. The molecule has 0 aliphatic heterocycles. The maximum atomic E-state index is 13.2. The predicted octanol–water partition coefficient (Wildman–Crippen LogP) is 1.81. The summed E-state index contributed by atoms with van der Waals surface area (Å²) >= 11 is 0. The number of nitrogens with zero attached hydrogens (tertiary/aromatic N) is 2. The topological polar surface area (TPSA) is 89.0 Å². The number of carbonyl (C=O) groups is 1. The molecule has 1 aromatic heterocycles. The Bertz CT molecular complexity index is 724. The van der Waals surface area contributed by atoms with Crippen molar-refractivity contribution in [2.75, 3.05) is 0 Å². The van der Waals surface area contributed by atoms with Gasteiger partial charge in [0.15, 0.2) is 5.03 Å². The lowest BCUT2D eigenvalue weighted by Gasteiger charge is -2.28. The Kier molecular flexibility index (Phi) is 3.66. The number of carbonyl (C=O) groups excluding carboxylic acids is 1. The Morgan fingerprint density at radius 3 is 2.43 bits per heavy atom. The summed E-state index contributed by atoms with van der Waals surface area (Å²) in [4.78, 5) is 12.2. The van der Waals surface area contributed by atoms with E-state index in [9.17, 15) is 22.0 Å². The number of nitrogens with one attached hydrogen (secondary N) is 1. The molecule has 1 heterocycles. The van der Waals surface area contributed by atoms with Crippen molar-refractivity contribution >= 4 is 15.9 Å². The average molecular weight is 345 g/mol. The molecule has 3 rings (SSSR count). The third-order valence-corrected chi connectivity index (χ3v) is 6.01. The third kappa shape index (κ3) is 3.19. The molecule has 6 nitrogen and oxygen atoms in total. The number of hydrogen-bond acceptors (Lipinski definition) is 5. The zero-order valence-electron chi connectivity index (χ0n) is 12.6. The van der Waals surface area contributed by atoms with Crippen LogP contribution in [0.5, 0.6) is 0 Å². The largest absolute Gasteiger partial charge is 0.283 e. The van der Waals surface area contributed by atoms with Gasteiger partial charge in [-0.1, -0.05) is 0 Å². The molecular weight excluding hydrogens is 328 g/mol. The van der Waals surface area contributed by atoms with E-state index in [4.69, 9.17) is 0 Å². The summed E-state index contributed by atoms with van der Waals surface area (Å²) < 4.78 is 52.6. The van der Waals surface area contributed by atoms with Crippen molar-refractivity contribution < 1.29 is 22.0 Å². The lowest BCUT2D eigenvalue weighted by molar-refractivity contribution is -0.122. The number of hydrogen-bond donors (Lipinski definition) is 1.